The molecular formula is C15H22N2O2. The Balaban J connectivity index is 1.77. The zero-order chi connectivity index (χ0) is 13.7. The second-order valence-electron chi connectivity index (χ2n) is 5.26. The van der Waals surface area contributed by atoms with Gasteiger partial charge in [-0.05, 0) is 48.9 Å². The maximum Gasteiger partial charge on any atom is 0.248 e. The van der Waals surface area contributed by atoms with Gasteiger partial charge in [-0.1, -0.05) is 18.6 Å². The summed E-state index contributed by atoms with van der Waals surface area (Å²) in [5, 5.41) is 0. The summed E-state index contributed by atoms with van der Waals surface area (Å²) >= 11 is 0. The lowest BCUT2D eigenvalue weighted by Gasteiger charge is -2.17. The van der Waals surface area contributed by atoms with E-state index in [0.29, 0.717) is 24.0 Å². The maximum atomic E-state index is 10.9. The van der Waals surface area contributed by atoms with Crippen molar-refractivity contribution in [2.24, 2.45) is 23.3 Å². The van der Waals surface area contributed by atoms with Gasteiger partial charge in [0.15, 0.2) is 0 Å². The number of carbonyl (C=O) groups excluding carboxylic acids is 1. The average molecular weight is 262 g/mol. The lowest BCUT2D eigenvalue weighted by Crippen LogP contribution is -2.22. The molecule has 2 rings (SSSR count). The van der Waals surface area contributed by atoms with Crippen LogP contribution in [0.15, 0.2) is 24.3 Å². The van der Waals surface area contributed by atoms with Gasteiger partial charge in [-0.25, -0.2) is 0 Å². The van der Waals surface area contributed by atoms with Crippen LogP contribution in [-0.4, -0.2) is 19.1 Å². The van der Waals surface area contributed by atoms with Crippen LogP contribution in [0, 0.1) is 11.8 Å². The van der Waals surface area contributed by atoms with Gasteiger partial charge in [0.2, 0.25) is 5.91 Å². The molecule has 2 atom stereocenters. The molecule has 0 heterocycles. The van der Waals surface area contributed by atoms with Crippen molar-refractivity contribution in [3.63, 3.8) is 0 Å². The van der Waals surface area contributed by atoms with Crippen LogP contribution in [-0.2, 0) is 11.3 Å². The van der Waals surface area contributed by atoms with Gasteiger partial charge in [-0.2, -0.15) is 0 Å². The molecule has 0 spiro atoms. The van der Waals surface area contributed by atoms with Gasteiger partial charge in [0, 0.05) is 5.56 Å². The summed E-state index contributed by atoms with van der Waals surface area (Å²) in [4.78, 5) is 10.9. The molecule has 104 valence electrons. The Kier molecular flexibility index (Phi) is 4.93. The van der Waals surface area contributed by atoms with Crippen molar-refractivity contribution in [1.82, 2.24) is 0 Å². The van der Waals surface area contributed by atoms with E-state index in [1.165, 1.54) is 19.3 Å². The molecule has 1 amide bonds. The summed E-state index contributed by atoms with van der Waals surface area (Å²) in [6, 6.07) is 7.24. The Labute approximate surface area is 114 Å². The van der Waals surface area contributed by atoms with Gasteiger partial charge in [0.25, 0.3) is 0 Å². The standard InChI is InChI=1S/C15H22N2O2/c16-8-13-2-1-3-14(13)10-19-9-11-4-6-12(7-5-11)15(17)18/h4-7,13-14H,1-3,8-10,16H2,(H2,17,18). The van der Waals surface area contributed by atoms with E-state index in [1.807, 2.05) is 12.1 Å². The molecule has 4 nitrogen and oxygen atoms in total. The van der Waals surface area contributed by atoms with Gasteiger partial charge in [-0.3, -0.25) is 4.79 Å². The van der Waals surface area contributed by atoms with E-state index >= 15 is 0 Å². The lowest BCUT2D eigenvalue weighted by molar-refractivity contribution is 0.0753. The molecule has 1 aliphatic rings. The van der Waals surface area contributed by atoms with E-state index < -0.39 is 5.91 Å². The summed E-state index contributed by atoms with van der Waals surface area (Å²) in [7, 11) is 0. The molecule has 0 bridgehead atoms. The van der Waals surface area contributed by atoms with E-state index in [1.54, 1.807) is 12.1 Å². The van der Waals surface area contributed by atoms with Crippen LogP contribution in [0.3, 0.4) is 0 Å². The highest BCUT2D eigenvalue weighted by Crippen LogP contribution is 2.31. The first-order valence-electron chi connectivity index (χ1n) is 6.87. The molecule has 1 fully saturated rings. The molecule has 4 heteroatoms. The molecule has 1 aromatic rings. The van der Waals surface area contributed by atoms with E-state index in [9.17, 15) is 4.79 Å². The summed E-state index contributed by atoms with van der Waals surface area (Å²) < 4.78 is 5.76. The van der Waals surface area contributed by atoms with Crippen LogP contribution < -0.4 is 11.5 Å². The Bertz CT molecular complexity index is 417. The van der Waals surface area contributed by atoms with Crippen molar-refractivity contribution in [1.29, 1.82) is 0 Å². The number of primary amides is 1. The fraction of sp³-hybridized carbons (Fsp3) is 0.533. The summed E-state index contributed by atoms with van der Waals surface area (Å²) in [5.41, 5.74) is 12.5. The summed E-state index contributed by atoms with van der Waals surface area (Å²) in [6.07, 6.45) is 3.73. The highest BCUT2D eigenvalue weighted by molar-refractivity contribution is 5.92. The molecule has 0 aliphatic heterocycles. The molecule has 1 aliphatic carbocycles. The fourth-order valence-corrected chi connectivity index (χ4v) is 2.74. The molecular weight excluding hydrogens is 240 g/mol. The fourth-order valence-electron chi connectivity index (χ4n) is 2.74. The zero-order valence-corrected chi connectivity index (χ0v) is 11.2. The Morgan fingerprint density at radius 3 is 2.53 bits per heavy atom. The van der Waals surface area contributed by atoms with Gasteiger partial charge < -0.3 is 16.2 Å². The first-order valence-corrected chi connectivity index (χ1v) is 6.87. The van der Waals surface area contributed by atoms with Crippen molar-refractivity contribution in [3.8, 4) is 0 Å². The predicted octanol–water partition coefficient (Wildman–Crippen LogP) is 1.68. The number of benzene rings is 1. The van der Waals surface area contributed by atoms with Crippen molar-refractivity contribution in [2.75, 3.05) is 13.2 Å². The van der Waals surface area contributed by atoms with Crippen molar-refractivity contribution in [2.45, 2.75) is 25.9 Å². The quantitative estimate of drug-likeness (QED) is 0.818. The van der Waals surface area contributed by atoms with Gasteiger partial charge in [0.1, 0.15) is 0 Å². The molecule has 2 unspecified atom stereocenters. The molecule has 1 saturated carbocycles. The average Bonchev–Trinajstić information content (AvgIpc) is 2.87. The molecule has 4 N–H and O–H groups in total. The van der Waals surface area contributed by atoms with E-state index in [4.69, 9.17) is 16.2 Å². The number of nitrogens with two attached hydrogens (primary N) is 2. The lowest BCUT2D eigenvalue weighted by atomic mass is 9.97. The smallest absolute Gasteiger partial charge is 0.248 e. The Hall–Kier alpha value is -1.39. The van der Waals surface area contributed by atoms with Crippen molar-refractivity contribution in [3.05, 3.63) is 35.4 Å². The van der Waals surface area contributed by atoms with Gasteiger partial charge in [-0.15, -0.1) is 0 Å². The monoisotopic (exact) mass is 262 g/mol. The molecule has 0 saturated heterocycles. The third-order valence-corrected chi connectivity index (χ3v) is 3.96. The van der Waals surface area contributed by atoms with Crippen LogP contribution in [0.25, 0.3) is 0 Å². The minimum Gasteiger partial charge on any atom is -0.376 e. The Morgan fingerprint density at radius 1 is 1.21 bits per heavy atom. The highest BCUT2D eigenvalue weighted by Gasteiger charge is 2.25. The van der Waals surface area contributed by atoms with Crippen molar-refractivity contribution < 1.29 is 9.53 Å². The third-order valence-electron chi connectivity index (χ3n) is 3.96. The minimum atomic E-state index is -0.399. The number of carbonyl (C=O) groups is 1. The van der Waals surface area contributed by atoms with Crippen LogP contribution in [0.5, 0.6) is 0 Å². The second-order valence-corrected chi connectivity index (χ2v) is 5.26. The SMILES string of the molecule is NCC1CCCC1COCc1ccc(C(N)=O)cc1. The number of rotatable bonds is 6. The molecule has 0 aromatic heterocycles. The number of hydrogen-bond donors (Lipinski definition) is 2. The van der Waals surface area contributed by atoms with Crippen molar-refractivity contribution >= 4 is 5.91 Å². The maximum absolute atomic E-state index is 10.9. The first kappa shape index (κ1) is 14.0. The molecule has 0 radical (unpaired) electrons. The number of hydrogen-bond acceptors (Lipinski definition) is 3. The first-order chi connectivity index (χ1) is 9.20. The second kappa shape index (κ2) is 6.68. The Morgan fingerprint density at radius 2 is 1.89 bits per heavy atom. The van der Waals surface area contributed by atoms with Crippen LogP contribution in [0.1, 0.15) is 35.2 Å². The normalized spacial score (nSPS) is 22.6. The van der Waals surface area contributed by atoms with E-state index in [-0.39, 0.29) is 0 Å². The number of amides is 1. The highest BCUT2D eigenvalue weighted by atomic mass is 16.5. The van der Waals surface area contributed by atoms with Crippen LogP contribution in [0.4, 0.5) is 0 Å². The molecule has 19 heavy (non-hydrogen) atoms. The van der Waals surface area contributed by atoms with E-state index in [0.717, 1.165) is 18.7 Å². The van der Waals surface area contributed by atoms with Crippen LogP contribution in [0.2, 0.25) is 0 Å². The third kappa shape index (κ3) is 3.78. The topological polar surface area (TPSA) is 78.3 Å². The summed E-state index contributed by atoms with van der Waals surface area (Å²) in [6.45, 7) is 2.12. The van der Waals surface area contributed by atoms with E-state index in [2.05, 4.69) is 0 Å². The molecule has 1 aromatic carbocycles. The summed E-state index contributed by atoms with van der Waals surface area (Å²) in [5.74, 6) is 0.830. The zero-order valence-electron chi connectivity index (χ0n) is 11.2. The predicted molar refractivity (Wildman–Crippen MR) is 74.5 cm³/mol. The van der Waals surface area contributed by atoms with Crippen LogP contribution >= 0.6 is 0 Å². The minimum absolute atomic E-state index is 0.399. The number of ether oxygens (including phenoxy) is 1. The van der Waals surface area contributed by atoms with Gasteiger partial charge in [0.05, 0.1) is 13.2 Å². The van der Waals surface area contributed by atoms with Gasteiger partial charge >= 0.3 is 0 Å². The largest absolute Gasteiger partial charge is 0.376 e.